The van der Waals surface area contributed by atoms with Crippen LogP contribution in [0.15, 0.2) is 42.5 Å². The van der Waals surface area contributed by atoms with Crippen molar-refractivity contribution >= 4 is 11.7 Å². The van der Waals surface area contributed by atoms with Crippen molar-refractivity contribution < 1.29 is 9.90 Å². The second kappa shape index (κ2) is 4.89. The smallest absolute Gasteiger partial charge is 0.337 e. The van der Waals surface area contributed by atoms with E-state index in [0.717, 1.165) is 16.7 Å². The minimum atomic E-state index is -1.02. The lowest BCUT2D eigenvalue weighted by molar-refractivity contribution is 0.0698. The quantitative estimate of drug-likeness (QED) is 0.719. The molecule has 0 heterocycles. The number of carbonyl (C=O) groups is 1. The van der Waals surface area contributed by atoms with E-state index in [1.165, 1.54) is 6.07 Å². The van der Waals surface area contributed by atoms with Gasteiger partial charge in [-0.25, -0.2) is 4.79 Å². The molecule has 0 fully saturated rings. The Morgan fingerprint density at radius 2 is 1.67 bits per heavy atom. The molecule has 5 N–H and O–H groups in total. The van der Waals surface area contributed by atoms with Crippen LogP contribution in [0.5, 0.6) is 0 Å². The van der Waals surface area contributed by atoms with Gasteiger partial charge < -0.3 is 16.6 Å². The third kappa shape index (κ3) is 2.33. The molecule has 0 amide bonds. The average molecular weight is 242 g/mol. The molecule has 0 saturated carbocycles. The standard InChI is InChI=1S/C14H14N2O2/c15-8-9-1-3-10(4-2-9)11-5-6-12(14(17)18)13(16)7-11/h1-7H,8,15-16H2,(H,17,18). The van der Waals surface area contributed by atoms with Crippen LogP contribution in [0.2, 0.25) is 0 Å². The molecule has 2 rings (SSSR count). The molecule has 0 atom stereocenters. The molecule has 2 aromatic carbocycles. The van der Waals surface area contributed by atoms with Gasteiger partial charge >= 0.3 is 5.97 Å². The lowest BCUT2D eigenvalue weighted by atomic mass is 10.0. The van der Waals surface area contributed by atoms with Gasteiger partial charge in [-0.15, -0.1) is 0 Å². The Labute approximate surface area is 105 Å². The number of hydrogen-bond donors (Lipinski definition) is 3. The summed E-state index contributed by atoms with van der Waals surface area (Å²) in [5.41, 5.74) is 14.6. The molecule has 0 aliphatic carbocycles. The molecule has 0 spiro atoms. The maximum atomic E-state index is 10.9. The topological polar surface area (TPSA) is 89.3 Å². The van der Waals surface area contributed by atoms with Gasteiger partial charge in [-0.05, 0) is 28.8 Å². The molecule has 0 unspecified atom stereocenters. The monoisotopic (exact) mass is 242 g/mol. The normalized spacial score (nSPS) is 10.3. The third-order valence-electron chi connectivity index (χ3n) is 2.80. The lowest BCUT2D eigenvalue weighted by Gasteiger charge is -2.06. The van der Waals surface area contributed by atoms with E-state index >= 15 is 0 Å². The highest BCUT2D eigenvalue weighted by Crippen LogP contribution is 2.24. The second-order valence-electron chi connectivity index (χ2n) is 4.01. The lowest BCUT2D eigenvalue weighted by Crippen LogP contribution is -2.02. The van der Waals surface area contributed by atoms with Crippen LogP contribution in [0.1, 0.15) is 15.9 Å². The van der Waals surface area contributed by atoms with Gasteiger partial charge in [-0.3, -0.25) is 0 Å². The third-order valence-corrected chi connectivity index (χ3v) is 2.80. The summed E-state index contributed by atoms with van der Waals surface area (Å²) in [5.74, 6) is -1.02. The number of carboxylic acids is 1. The minimum absolute atomic E-state index is 0.123. The highest BCUT2D eigenvalue weighted by Gasteiger charge is 2.08. The van der Waals surface area contributed by atoms with Crippen molar-refractivity contribution in [3.63, 3.8) is 0 Å². The van der Waals surface area contributed by atoms with E-state index in [-0.39, 0.29) is 11.3 Å². The van der Waals surface area contributed by atoms with Gasteiger partial charge in [-0.1, -0.05) is 30.3 Å². The Morgan fingerprint density at radius 1 is 1.06 bits per heavy atom. The molecule has 0 aliphatic rings. The number of carboxylic acid groups (broad SMARTS) is 1. The first kappa shape index (κ1) is 12.1. The molecule has 4 heteroatoms. The summed E-state index contributed by atoms with van der Waals surface area (Å²) in [7, 11) is 0. The summed E-state index contributed by atoms with van der Waals surface area (Å²) in [6, 6.07) is 12.7. The highest BCUT2D eigenvalue weighted by molar-refractivity contribution is 5.94. The van der Waals surface area contributed by atoms with E-state index in [1.807, 2.05) is 24.3 Å². The van der Waals surface area contributed by atoms with Crippen molar-refractivity contribution in [2.24, 2.45) is 5.73 Å². The number of benzene rings is 2. The summed E-state index contributed by atoms with van der Waals surface area (Å²) in [5, 5.41) is 8.90. The zero-order valence-electron chi connectivity index (χ0n) is 9.76. The van der Waals surface area contributed by atoms with Gasteiger partial charge in [0.15, 0.2) is 0 Å². The first-order valence-electron chi connectivity index (χ1n) is 5.54. The van der Waals surface area contributed by atoms with E-state index < -0.39 is 5.97 Å². The van der Waals surface area contributed by atoms with Crippen LogP contribution in [0.4, 0.5) is 5.69 Å². The second-order valence-corrected chi connectivity index (χ2v) is 4.01. The predicted molar refractivity (Wildman–Crippen MR) is 71.1 cm³/mol. The summed E-state index contributed by atoms with van der Waals surface area (Å²) in [6.45, 7) is 0.500. The molecular formula is C14H14N2O2. The van der Waals surface area contributed by atoms with Crippen LogP contribution in [0, 0.1) is 0 Å². The number of nitrogen functional groups attached to an aromatic ring is 1. The van der Waals surface area contributed by atoms with Gasteiger partial charge in [0.05, 0.1) is 5.56 Å². The van der Waals surface area contributed by atoms with Crippen molar-refractivity contribution in [2.45, 2.75) is 6.54 Å². The SMILES string of the molecule is NCc1ccc(-c2ccc(C(=O)O)c(N)c2)cc1. The van der Waals surface area contributed by atoms with Crippen molar-refractivity contribution in [1.29, 1.82) is 0 Å². The minimum Gasteiger partial charge on any atom is -0.478 e. The summed E-state index contributed by atoms with van der Waals surface area (Å²) >= 11 is 0. The van der Waals surface area contributed by atoms with Crippen LogP contribution in [0.25, 0.3) is 11.1 Å². The fourth-order valence-corrected chi connectivity index (χ4v) is 1.77. The molecule has 92 valence electrons. The van der Waals surface area contributed by atoms with Crippen LogP contribution >= 0.6 is 0 Å². The first-order valence-corrected chi connectivity index (χ1v) is 5.54. The van der Waals surface area contributed by atoms with E-state index in [4.69, 9.17) is 16.6 Å². The summed E-state index contributed by atoms with van der Waals surface area (Å²) in [6.07, 6.45) is 0. The molecule has 0 aromatic heterocycles. The van der Waals surface area contributed by atoms with Crippen molar-refractivity contribution in [3.05, 3.63) is 53.6 Å². The maximum Gasteiger partial charge on any atom is 0.337 e. The van der Waals surface area contributed by atoms with Gasteiger partial charge in [0.1, 0.15) is 0 Å². The van der Waals surface area contributed by atoms with Gasteiger partial charge in [0.25, 0.3) is 0 Å². The van der Waals surface area contributed by atoms with Crippen molar-refractivity contribution in [3.8, 4) is 11.1 Å². The molecule has 0 saturated heterocycles. The van der Waals surface area contributed by atoms with Gasteiger partial charge in [0, 0.05) is 12.2 Å². The van der Waals surface area contributed by atoms with Crippen LogP contribution < -0.4 is 11.5 Å². The summed E-state index contributed by atoms with van der Waals surface area (Å²) in [4.78, 5) is 10.9. The fourth-order valence-electron chi connectivity index (χ4n) is 1.77. The van der Waals surface area contributed by atoms with Gasteiger partial charge in [0.2, 0.25) is 0 Å². The molecule has 0 radical (unpaired) electrons. The fraction of sp³-hybridized carbons (Fsp3) is 0.0714. The van der Waals surface area contributed by atoms with E-state index in [9.17, 15) is 4.79 Å². The Bertz CT molecular complexity index is 577. The molecule has 0 aliphatic heterocycles. The molecule has 18 heavy (non-hydrogen) atoms. The Balaban J connectivity index is 2.39. The number of anilines is 1. The number of rotatable bonds is 3. The zero-order valence-corrected chi connectivity index (χ0v) is 9.76. The number of aromatic carboxylic acids is 1. The maximum absolute atomic E-state index is 10.9. The van der Waals surface area contributed by atoms with Crippen molar-refractivity contribution in [1.82, 2.24) is 0 Å². The first-order chi connectivity index (χ1) is 8.61. The Hall–Kier alpha value is -2.33. The average Bonchev–Trinajstić information content (AvgIpc) is 2.38. The highest BCUT2D eigenvalue weighted by atomic mass is 16.4. The predicted octanol–water partition coefficient (Wildman–Crippen LogP) is 2.09. The Morgan fingerprint density at radius 3 is 2.17 bits per heavy atom. The molecule has 0 bridgehead atoms. The number of hydrogen-bond acceptors (Lipinski definition) is 3. The molecule has 4 nitrogen and oxygen atoms in total. The van der Waals surface area contributed by atoms with E-state index in [0.29, 0.717) is 6.54 Å². The summed E-state index contributed by atoms with van der Waals surface area (Å²) < 4.78 is 0. The van der Waals surface area contributed by atoms with Crippen molar-refractivity contribution in [2.75, 3.05) is 5.73 Å². The van der Waals surface area contributed by atoms with Crippen LogP contribution in [0.3, 0.4) is 0 Å². The van der Waals surface area contributed by atoms with Crippen LogP contribution in [-0.2, 0) is 6.54 Å². The number of nitrogens with two attached hydrogens (primary N) is 2. The van der Waals surface area contributed by atoms with E-state index in [1.54, 1.807) is 12.1 Å². The van der Waals surface area contributed by atoms with Gasteiger partial charge in [-0.2, -0.15) is 0 Å². The largest absolute Gasteiger partial charge is 0.478 e. The van der Waals surface area contributed by atoms with E-state index in [2.05, 4.69) is 0 Å². The molecule has 2 aromatic rings. The zero-order chi connectivity index (χ0) is 13.1. The van der Waals surface area contributed by atoms with Crippen LogP contribution in [-0.4, -0.2) is 11.1 Å². The molecular weight excluding hydrogens is 228 g/mol. The Kier molecular flexibility index (Phi) is 3.30.